The third-order valence-corrected chi connectivity index (χ3v) is 16.3. The van der Waals surface area contributed by atoms with Crippen molar-refractivity contribution in [2.45, 2.75) is 108 Å². The minimum Gasteiger partial charge on any atom is -0.310 e. The molecule has 328 valence electrons. The van der Waals surface area contributed by atoms with Gasteiger partial charge in [0.05, 0.1) is 11.1 Å². The van der Waals surface area contributed by atoms with Gasteiger partial charge in [-0.25, -0.2) is 0 Å². The van der Waals surface area contributed by atoms with Crippen LogP contribution in [-0.4, -0.2) is 0 Å². The third-order valence-electron chi connectivity index (χ3n) is 16.3. The summed E-state index contributed by atoms with van der Waals surface area (Å²) in [6, 6.07) is 71.7. The van der Waals surface area contributed by atoms with Gasteiger partial charge in [0.1, 0.15) is 0 Å². The number of rotatable bonds is 7. The Labute approximate surface area is 394 Å². The van der Waals surface area contributed by atoms with Crippen LogP contribution >= 0.6 is 0 Å². The summed E-state index contributed by atoms with van der Waals surface area (Å²) in [6.07, 6.45) is 4.72. The molecule has 0 heterocycles. The topological polar surface area (TPSA) is 3.24 Å². The van der Waals surface area contributed by atoms with E-state index < -0.39 is 5.41 Å². The van der Waals surface area contributed by atoms with E-state index in [4.69, 9.17) is 0 Å². The van der Waals surface area contributed by atoms with Gasteiger partial charge in [-0.05, 0) is 156 Å². The lowest BCUT2D eigenvalue weighted by molar-refractivity contribution is 0.332. The molecule has 1 heteroatoms. The molecule has 0 radical (unpaired) electrons. The Morgan fingerprint density at radius 3 is 1.47 bits per heavy atom. The summed E-state index contributed by atoms with van der Waals surface area (Å²) in [4.78, 5) is 2.54. The Morgan fingerprint density at radius 2 is 0.818 bits per heavy atom. The zero-order chi connectivity index (χ0) is 45.6. The van der Waals surface area contributed by atoms with Crippen LogP contribution in [0.1, 0.15) is 126 Å². The fourth-order valence-corrected chi connectivity index (χ4v) is 12.4. The van der Waals surface area contributed by atoms with Crippen LogP contribution in [0.25, 0.3) is 33.4 Å². The van der Waals surface area contributed by atoms with Gasteiger partial charge in [0.25, 0.3) is 0 Å². The zero-order valence-corrected chi connectivity index (χ0v) is 40.2. The molecular formula is C65H63N. The highest BCUT2D eigenvalue weighted by atomic mass is 15.1. The predicted molar refractivity (Wildman–Crippen MR) is 280 cm³/mol. The van der Waals surface area contributed by atoms with E-state index in [1.807, 2.05) is 0 Å². The van der Waals surface area contributed by atoms with Gasteiger partial charge < -0.3 is 4.90 Å². The second-order valence-corrected chi connectivity index (χ2v) is 22.2. The number of benzene rings is 8. The molecule has 0 bridgehead atoms. The predicted octanol–water partition coefficient (Wildman–Crippen LogP) is 17.6. The maximum atomic E-state index is 2.58. The lowest BCUT2D eigenvalue weighted by Crippen LogP contribution is -2.34. The monoisotopic (exact) mass is 857 g/mol. The van der Waals surface area contributed by atoms with Crippen molar-refractivity contribution in [3.63, 3.8) is 0 Å². The first kappa shape index (κ1) is 42.2. The number of hydrogen-bond donors (Lipinski definition) is 0. The number of fused-ring (bicyclic) bond motifs is 5. The molecule has 3 aliphatic rings. The molecular weight excluding hydrogens is 795 g/mol. The van der Waals surface area contributed by atoms with E-state index in [2.05, 4.69) is 248 Å². The van der Waals surface area contributed by atoms with Crippen molar-refractivity contribution in [1.82, 2.24) is 0 Å². The van der Waals surface area contributed by atoms with Gasteiger partial charge in [-0.1, -0.05) is 207 Å². The third kappa shape index (κ3) is 6.56. The summed E-state index contributed by atoms with van der Waals surface area (Å²) in [5.41, 5.74) is 22.1. The summed E-state index contributed by atoms with van der Waals surface area (Å²) >= 11 is 0. The van der Waals surface area contributed by atoms with E-state index in [1.54, 1.807) is 0 Å². The molecule has 0 fully saturated rings. The molecule has 3 aliphatic carbocycles. The highest BCUT2D eigenvalue weighted by Gasteiger charge is 2.47. The summed E-state index contributed by atoms with van der Waals surface area (Å²) in [5, 5.41) is 0. The van der Waals surface area contributed by atoms with Crippen LogP contribution in [0.2, 0.25) is 0 Å². The Kier molecular flexibility index (Phi) is 9.79. The molecule has 1 nitrogen and oxygen atoms in total. The van der Waals surface area contributed by atoms with E-state index in [0.717, 1.165) is 17.8 Å². The summed E-state index contributed by atoms with van der Waals surface area (Å²) < 4.78 is 0. The van der Waals surface area contributed by atoms with Crippen molar-refractivity contribution in [2.24, 2.45) is 0 Å². The highest BCUT2D eigenvalue weighted by Crippen LogP contribution is 2.60. The first-order chi connectivity index (χ1) is 31.7. The Balaban J connectivity index is 1.20. The second kappa shape index (κ2) is 15.3. The van der Waals surface area contributed by atoms with Crippen LogP contribution in [0.3, 0.4) is 0 Å². The smallest absolute Gasteiger partial charge is 0.0714 e. The van der Waals surface area contributed by atoms with E-state index >= 15 is 0 Å². The molecule has 0 atom stereocenters. The van der Waals surface area contributed by atoms with Crippen LogP contribution in [-0.2, 0) is 27.1 Å². The lowest BCUT2D eigenvalue weighted by Gasteiger charge is -2.43. The zero-order valence-electron chi connectivity index (χ0n) is 40.2. The van der Waals surface area contributed by atoms with Gasteiger partial charge in [0, 0.05) is 16.9 Å². The maximum Gasteiger partial charge on any atom is 0.0714 e. The van der Waals surface area contributed by atoms with Crippen molar-refractivity contribution < 1.29 is 0 Å². The van der Waals surface area contributed by atoms with Crippen molar-refractivity contribution in [2.75, 3.05) is 4.90 Å². The Morgan fingerprint density at radius 1 is 0.318 bits per heavy atom. The van der Waals surface area contributed by atoms with Crippen LogP contribution in [0, 0.1) is 0 Å². The van der Waals surface area contributed by atoms with Gasteiger partial charge in [0.2, 0.25) is 0 Å². The van der Waals surface area contributed by atoms with Gasteiger partial charge in [0.15, 0.2) is 0 Å². The van der Waals surface area contributed by atoms with E-state index in [1.165, 1.54) is 103 Å². The first-order valence-electron chi connectivity index (χ1n) is 24.4. The molecule has 0 amide bonds. The normalized spacial score (nSPS) is 17.8. The molecule has 0 saturated carbocycles. The summed E-state index contributed by atoms with van der Waals surface area (Å²) in [7, 11) is 0. The molecule has 8 aromatic carbocycles. The summed E-state index contributed by atoms with van der Waals surface area (Å²) in [6.45, 7) is 19.5. The largest absolute Gasteiger partial charge is 0.310 e. The number of para-hydroxylation sites is 1. The van der Waals surface area contributed by atoms with Gasteiger partial charge in [-0.15, -0.1) is 0 Å². The van der Waals surface area contributed by atoms with Crippen LogP contribution in [0.5, 0.6) is 0 Å². The molecule has 66 heavy (non-hydrogen) atoms. The van der Waals surface area contributed by atoms with Crippen molar-refractivity contribution in [3.8, 4) is 33.4 Å². The van der Waals surface area contributed by atoms with Gasteiger partial charge in [-0.2, -0.15) is 0 Å². The van der Waals surface area contributed by atoms with E-state index in [-0.39, 0.29) is 21.7 Å². The molecule has 0 saturated heterocycles. The maximum absolute atomic E-state index is 2.58. The SMILES string of the molecule is CC1(C)CCC(C)(C)c2cc(-c3ccc(N(c4ccccc4)c4cc5c(cc4-c4cccc6c4C(C)(C)CCC6(C)C)-c4ccccc4C5(c4ccccc4)c4ccccc4)cc3)ccc21. The van der Waals surface area contributed by atoms with Crippen LogP contribution in [0.4, 0.5) is 17.1 Å². The quantitative estimate of drug-likeness (QED) is 0.154. The minimum atomic E-state index is -0.542. The van der Waals surface area contributed by atoms with Crippen molar-refractivity contribution in [3.05, 3.63) is 233 Å². The molecule has 0 aromatic heterocycles. The Bertz CT molecular complexity index is 3070. The van der Waals surface area contributed by atoms with Gasteiger partial charge >= 0.3 is 0 Å². The number of anilines is 3. The van der Waals surface area contributed by atoms with Crippen molar-refractivity contribution >= 4 is 17.1 Å². The van der Waals surface area contributed by atoms with Gasteiger partial charge in [-0.3, -0.25) is 0 Å². The van der Waals surface area contributed by atoms with E-state index in [0.29, 0.717) is 0 Å². The second-order valence-electron chi connectivity index (χ2n) is 22.2. The molecule has 11 rings (SSSR count). The molecule has 0 aliphatic heterocycles. The molecule has 0 spiro atoms. The number of hydrogen-bond acceptors (Lipinski definition) is 1. The highest BCUT2D eigenvalue weighted by molar-refractivity contribution is 5.97. The average Bonchev–Trinajstić information content (AvgIpc) is 3.63. The minimum absolute atomic E-state index is 0.00858. The Hall–Kier alpha value is -6.44. The fourth-order valence-electron chi connectivity index (χ4n) is 12.4. The molecule has 0 unspecified atom stereocenters. The number of nitrogens with zero attached hydrogens (tertiary/aromatic N) is 1. The first-order valence-corrected chi connectivity index (χ1v) is 24.4. The average molecular weight is 858 g/mol. The van der Waals surface area contributed by atoms with E-state index in [9.17, 15) is 0 Å². The van der Waals surface area contributed by atoms with Crippen molar-refractivity contribution in [1.29, 1.82) is 0 Å². The lowest BCUT2D eigenvalue weighted by atomic mass is 9.61. The molecule has 0 N–H and O–H groups in total. The van der Waals surface area contributed by atoms with Crippen LogP contribution in [0.15, 0.2) is 188 Å². The standard InChI is InChI=1S/C65H63N/c1-61(2)37-38-63(5,6)58-41-45(33-36-55(58)61)44-31-34-49(35-32-44)66(48-25-16-11-17-26-48)59-43-57-52(42-53(59)51-28-20-30-56-60(51)64(7,8)40-39-62(56,3)4)50-27-18-19-29-54(50)65(57,46-21-12-9-13-22-46)47-23-14-10-15-24-47/h9-36,41-43H,37-40H2,1-8H3. The van der Waals surface area contributed by atoms with Crippen LogP contribution < -0.4 is 4.90 Å². The summed E-state index contributed by atoms with van der Waals surface area (Å²) in [5.74, 6) is 0. The molecule has 8 aromatic rings. The fraction of sp³-hybridized carbons (Fsp3) is 0.262.